The van der Waals surface area contributed by atoms with E-state index in [-0.39, 0.29) is 24.6 Å². The van der Waals surface area contributed by atoms with Crippen LogP contribution in [-0.2, 0) is 23.8 Å². The standard InChI is InChI=1S/C17H15ClN2O5/c1-23-16(21)12-8-25-9-20(15(12)17(22)24-2)11-6-10-4-3-5-19-14(10)13(18)7-11/h3-7H,8-9H2,1-2H3. The average molecular weight is 363 g/mol. The molecule has 7 nitrogen and oxygen atoms in total. The number of rotatable bonds is 3. The number of anilines is 1. The number of carbonyl (C=O) groups is 2. The summed E-state index contributed by atoms with van der Waals surface area (Å²) in [7, 11) is 2.48. The van der Waals surface area contributed by atoms with E-state index in [0.717, 1.165) is 5.39 Å². The molecule has 0 aliphatic carbocycles. The van der Waals surface area contributed by atoms with Gasteiger partial charge in [-0.25, -0.2) is 9.59 Å². The molecule has 0 unspecified atom stereocenters. The van der Waals surface area contributed by atoms with Gasteiger partial charge in [0, 0.05) is 17.3 Å². The van der Waals surface area contributed by atoms with Crippen molar-refractivity contribution < 1.29 is 23.8 Å². The molecule has 0 saturated carbocycles. The fraction of sp³-hybridized carbons (Fsp3) is 0.235. The van der Waals surface area contributed by atoms with Crippen molar-refractivity contribution in [1.29, 1.82) is 0 Å². The Balaban J connectivity index is 2.17. The smallest absolute Gasteiger partial charge is 0.355 e. The summed E-state index contributed by atoms with van der Waals surface area (Å²) in [6.45, 7) is 0.0174. The molecule has 0 fully saturated rings. The molecule has 3 rings (SSSR count). The van der Waals surface area contributed by atoms with Crippen LogP contribution in [0.25, 0.3) is 10.9 Å². The Bertz CT molecular complexity index is 880. The number of hydrogen-bond acceptors (Lipinski definition) is 7. The van der Waals surface area contributed by atoms with E-state index in [0.29, 0.717) is 16.2 Å². The number of benzene rings is 1. The van der Waals surface area contributed by atoms with Crippen molar-refractivity contribution in [1.82, 2.24) is 4.98 Å². The zero-order valence-electron chi connectivity index (χ0n) is 13.6. The maximum atomic E-state index is 12.3. The maximum absolute atomic E-state index is 12.3. The van der Waals surface area contributed by atoms with Crippen molar-refractivity contribution in [2.24, 2.45) is 0 Å². The summed E-state index contributed by atoms with van der Waals surface area (Å²) in [5.74, 6) is -1.32. The fourth-order valence-corrected chi connectivity index (χ4v) is 2.91. The molecule has 0 spiro atoms. The lowest BCUT2D eigenvalue weighted by atomic mass is 10.1. The van der Waals surface area contributed by atoms with E-state index in [4.69, 9.17) is 25.8 Å². The molecule has 8 heteroatoms. The Labute approximate surface area is 148 Å². The fourth-order valence-electron chi connectivity index (χ4n) is 2.64. The quantitative estimate of drug-likeness (QED) is 0.775. The van der Waals surface area contributed by atoms with Crippen molar-refractivity contribution in [3.05, 3.63) is 46.8 Å². The molecule has 1 aliphatic heterocycles. The van der Waals surface area contributed by atoms with E-state index < -0.39 is 11.9 Å². The Morgan fingerprint density at radius 2 is 2.00 bits per heavy atom. The van der Waals surface area contributed by atoms with Crippen LogP contribution in [0.15, 0.2) is 41.7 Å². The van der Waals surface area contributed by atoms with Gasteiger partial charge in [-0.05, 0) is 18.2 Å². The van der Waals surface area contributed by atoms with Gasteiger partial charge in [-0.3, -0.25) is 4.98 Å². The van der Waals surface area contributed by atoms with Gasteiger partial charge in [-0.15, -0.1) is 0 Å². The van der Waals surface area contributed by atoms with Gasteiger partial charge in [0.1, 0.15) is 12.4 Å². The summed E-state index contributed by atoms with van der Waals surface area (Å²) in [4.78, 5) is 30.1. The van der Waals surface area contributed by atoms with E-state index in [1.807, 2.05) is 6.07 Å². The largest absolute Gasteiger partial charge is 0.466 e. The topological polar surface area (TPSA) is 78.0 Å². The summed E-state index contributed by atoms with van der Waals surface area (Å²) < 4.78 is 15.0. The van der Waals surface area contributed by atoms with Gasteiger partial charge in [0.05, 0.1) is 36.9 Å². The van der Waals surface area contributed by atoms with Crippen LogP contribution in [0.5, 0.6) is 0 Å². The van der Waals surface area contributed by atoms with Gasteiger partial charge in [0.2, 0.25) is 0 Å². The highest BCUT2D eigenvalue weighted by molar-refractivity contribution is 6.35. The van der Waals surface area contributed by atoms with Crippen LogP contribution in [0.3, 0.4) is 0 Å². The number of ether oxygens (including phenoxy) is 3. The van der Waals surface area contributed by atoms with Crippen molar-refractivity contribution in [3.63, 3.8) is 0 Å². The lowest BCUT2D eigenvalue weighted by Crippen LogP contribution is -2.38. The van der Waals surface area contributed by atoms with Crippen LogP contribution in [-0.4, -0.2) is 44.5 Å². The molecule has 0 bridgehead atoms. The second-order valence-electron chi connectivity index (χ2n) is 5.22. The summed E-state index contributed by atoms with van der Waals surface area (Å²) >= 11 is 6.31. The third-order valence-electron chi connectivity index (χ3n) is 3.79. The molecular formula is C17H15ClN2O5. The molecule has 1 aliphatic rings. The Morgan fingerprint density at radius 3 is 2.72 bits per heavy atom. The van der Waals surface area contributed by atoms with E-state index in [1.54, 1.807) is 24.4 Å². The second kappa shape index (κ2) is 7.08. The van der Waals surface area contributed by atoms with Crippen LogP contribution in [0, 0.1) is 0 Å². The molecule has 1 aromatic heterocycles. The van der Waals surface area contributed by atoms with Gasteiger partial charge in [0.25, 0.3) is 0 Å². The first-order valence-electron chi connectivity index (χ1n) is 7.36. The average Bonchev–Trinajstić information content (AvgIpc) is 2.66. The number of pyridine rings is 1. The molecule has 0 radical (unpaired) electrons. The van der Waals surface area contributed by atoms with Crippen molar-refractivity contribution in [3.8, 4) is 0 Å². The third-order valence-corrected chi connectivity index (χ3v) is 4.08. The molecule has 2 heterocycles. The molecule has 130 valence electrons. The van der Waals surface area contributed by atoms with E-state index >= 15 is 0 Å². The summed E-state index contributed by atoms with van der Waals surface area (Å²) in [6.07, 6.45) is 1.65. The lowest BCUT2D eigenvalue weighted by molar-refractivity contribution is -0.140. The van der Waals surface area contributed by atoms with E-state index in [9.17, 15) is 9.59 Å². The minimum Gasteiger partial charge on any atom is -0.466 e. The normalized spacial score (nSPS) is 14.6. The summed E-state index contributed by atoms with van der Waals surface area (Å²) in [6, 6.07) is 7.10. The zero-order chi connectivity index (χ0) is 18.0. The number of nitrogens with zero attached hydrogens (tertiary/aromatic N) is 2. The first kappa shape index (κ1) is 17.2. The number of halogens is 1. The lowest BCUT2D eigenvalue weighted by Gasteiger charge is -2.31. The predicted octanol–water partition coefficient (Wildman–Crippen LogP) is 2.28. The Morgan fingerprint density at radius 1 is 1.24 bits per heavy atom. The summed E-state index contributed by atoms with van der Waals surface area (Å²) in [5, 5.41) is 1.21. The predicted molar refractivity (Wildman–Crippen MR) is 91.1 cm³/mol. The van der Waals surface area contributed by atoms with Gasteiger partial charge < -0.3 is 19.1 Å². The minimum absolute atomic E-state index is 0.0452. The Kier molecular flexibility index (Phi) is 4.87. The molecule has 1 aromatic carbocycles. The van der Waals surface area contributed by atoms with Crippen LogP contribution in [0.4, 0.5) is 5.69 Å². The highest BCUT2D eigenvalue weighted by atomic mass is 35.5. The molecule has 0 N–H and O–H groups in total. The monoisotopic (exact) mass is 362 g/mol. The number of aromatic nitrogens is 1. The first-order chi connectivity index (χ1) is 12.1. The van der Waals surface area contributed by atoms with Crippen molar-refractivity contribution in [2.75, 3.05) is 32.5 Å². The number of esters is 2. The second-order valence-corrected chi connectivity index (χ2v) is 5.63. The van der Waals surface area contributed by atoms with Gasteiger partial charge in [-0.1, -0.05) is 17.7 Å². The first-order valence-corrected chi connectivity index (χ1v) is 7.74. The van der Waals surface area contributed by atoms with Crippen molar-refractivity contribution in [2.45, 2.75) is 0 Å². The molecule has 0 atom stereocenters. The van der Waals surface area contributed by atoms with Crippen LogP contribution in [0.2, 0.25) is 5.02 Å². The number of hydrogen-bond donors (Lipinski definition) is 0. The number of carbonyl (C=O) groups excluding carboxylic acids is 2. The van der Waals surface area contributed by atoms with Gasteiger partial charge in [0.15, 0.2) is 0 Å². The SMILES string of the molecule is COC(=O)C1=C(C(=O)OC)N(c2cc(Cl)c3ncccc3c2)COC1. The highest BCUT2D eigenvalue weighted by Gasteiger charge is 2.32. The van der Waals surface area contributed by atoms with E-state index in [1.165, 1.54) is 19.1 Å². The van der Waals surface area contributed by atoms with Crippen LogP contribution in [0.1, 0.15) is 0 Å². The minimum atomic E-state index is -0.661. The molecule has 2 aromatic rings. The van der Waals surface area contributed by atoms with E-state index in [2.05, 4.69) is 4.98 Å². The van der Waals surface area contributed by atoms with Crippen LogP contribution < -0.4 is 4.90 Å². The highest BCUT2D eigenvalue weighted by Crippen LogP contribution is 2.32. The molecule has 0 saturated heterocycles. The summed E-state index contributed by atoms with van der Waals surface area (Å²) in [5.41, 5.74) is 1.37. The zero-order valence-corrected chi connectivity index (χ0v) is 14.4. The van der Waals surface area contributed by atoms with Crippen molar-refractivity contribution >= 4 is 40.1 Å². The Hall–Kier alpha value is -2.64. The maximum Gasteiger partial charge on any atom is 0.355 e. The molecule has 25 heavy (non-hydrogen) atoms. The third kappa shape index (κ3) is 3.16. The van der Waals surface area contributed by atoms with Gasteiger partial charge >= 0.3 is 11.9 Å². The molecule has 0 amide bonds. The number of methoxy groups -OCH3 is 2. The van der Waals surface area contributed by atoms with Gasteiger partial charge in [-0.2, -0.15) is 0 Å². The number of fused-ring (bicyclic) bond motifs is 1. The van der Waals surface area contributed by atoms with Crippen LogP contribution >= 0.6 is 11.6 Å². The molecular weight excluding hydrogens is 348 g/mol.